The number of nitrogens with zero attached hydrogens (tertiary/aromatic N) is 1. The maximum Gasteiger partial charge on any atom is 0.251 e. The van der Waals surface area contributed by atoms with Crippen LogP contribution in [0.1, 0.15) is 34.1 Å². The number of nitrogens with one attached hydrogen (secondary N) is 1. The van der Waals surface area contributed by atoms with Gasteiger partial charge in [0.2, 0.25) is 9.84 Å². The number of benzene rings is 2. The SMILES string of the molecule is C=C(C[C@@H](NC(=O)c1ccccc1)c1ccccn1)S(=O)(=O)c1ccc(C)cc1. The lowest BCUT2D eigenvalue weighted by Crippen LogP contribution is -2.30. The first kappa shape index (κ1) is 20.5. The molecule has 1 heterocycles. The normalized spacial score (nSPS) is 12.2. The highest BCUT2D eigenvalue weighted by atomic mass is 32.2. The molecule has 6 heteroatoms. The van der Waals surface area contributed by atoms with Crippen LogP contribution in [-0.2, 0) is 9.84 Å². The molecule has 0 bridgehead atoms. The highest BCUT2D eigenvalue weighted by Crippen LogP contribution is 2.27. The minimum atomic E-state index is -3.73. The Bertz CT molecular complexity index is 1090. The number of amides is 1. The van der Waals surface area contributed by atoms with Crippen LogP contribution >= 0.6 is 0 Å². The van der Waals surface area contributed by atoms with E-state index < -0.39 is 15.9 Å². The molecule has 0 aliphatic rings. The number of hydrogen-bond donors (Lipinski definition) is 1. The maximum atomic E-state index is 12.9. The maximum absolute atomic E-state index is 12.9. The van der Waals surface area contributed by atoms with E-state index in [-0.39, 0.29) is 22.1 Å². The van der Waals surface area contributed by atoms with E-state index in [2.05, 4.69) is 16.9 Å². The molecule has 0 aliphatic carbocycles. The molecule has 3 rings (SSSR count). The van der Waals surface area contributed by atoms with Gasteiger partial charge in [0, 0.05) is 23.1 Å². The van der Waals surface area contributed by atoms with E-state index in [1.165, 1.54) is 0 Å². The fourth-order valence-corrected chi connectivity index (χ4v) is 4.08. The molecule has 1 N–H and O–H groups in total. The fraction of sp³-hybridized carbons (Fsp3) is 0.130. The second-order valence-corrected chi connectivity index (χ2v) is 8.76. The van der Waals surface area contributed by atoms with Crippen molar-refractivity contribution in [1.82, 2.24) is 10.3 Å². The number of carbonyl (C=O) groups is 1. The molecule has 0 saturated carbocycles. The Kier molecular flexibility index (Phi) is 6.24. The Morgan fingerprint density at radius 2 is 1.66 bits per heavy atom. The number of carbonyl (C=O) groups excluding carboxylic acids is 1. The lowest BCUT2D eigenvalue weighted by atomic mass is 10.1. The zero-order valence-corrected chi connectivity index (χ0v) is 16.9. The van der Waals surface area contributed by atoms with Crippen molar-refractivity contribution >= 4 is 15.7 Å². The van der Waals surface area contributed by atoms with Crippen LogP contribution in [0.25, 0.3) is 0 Å². The van der Waals surface area contributed by atoms with Crippen molar-refractivity contribution < 1.29 is 13.2 Å². The van der Waals surface area contributed by atoms with E-state index in [0.29, 0.717) is 11.3 Å². The lowest BCUT2D eigenvalue weighted by Gasteiger charge is -2.20. The van der Waals surface area contributed by atoms with Gasteiger partial charge in [-0.25, -0.2) is 8.42 Å². The van der Waals surface area contributed by atoms with E-state index in [4.69, 9.17) is 0 Å². The second-order valence-electron chi connectivity index (χ2n) is 6.71. The van der Waals surface area contributed by atoms with Crippen LogP contribution in [0, 0.1) is 6.92 Å². The summed E-state index contributed by atoms with van der Waals surface area (Å²) in [6, 6.07) is 20.0. The molecule has 1 atom stereocenters. The van der Waals surface area contributed by atoms with Gasteiger partial charge < -0.3 is 5.32 Å². The minimum absolute atomic E-state index is 0.0189. The van der Waals surface area contributed by atoms with Crippen LogP contribution < -0.4 is 5.32 Å². The Hall–Kier alpha value is -3.25. The van der Waals surface area contributed by atoms with Gasteiger partial charge in [0.05, 0.1) is 16.6 Å². The van der Waals surface area contributed by atoms with Gasteiger partial charge in [0.15, 0.2) is 0 Å². The Morgan fingerprint density at radius 1 is 1.00 bits per heavy atom. The van der Waals surface area contributed by atoms with Crippen LogP contribution in [0.4, 0.5) is 0 Å². The number of sulfone groups is 1. The summed E-state index contributed by atoms with van der Waals surface area (Å²) in [5.74, 6) is -0.304. The minimum Gasteiger partial charge on any atom is -0.343 e. The first-order chi connectivity index (χ1) is 13.9. The molecule has 0 spiro atoms. The number of pyridine rings is 1. The molecule has 1 aromatic heterocycles. The van der Waals surface area contributed by atoms with Crippen molar-refractivity contribution in [3.05, 3.63) is 107 Å². The van der Waals surface area contributed by atoms with Crippen LogP contribution in [0.2, 0.25) is 0 Å². The van der Waals surface area contributed by atoms with Gasteiger partial charge in [0.1, 0.15) is 0 Å². The molecule has 3 aromatic rings. The molecule has 148 valence electrons. The molecule has 5 nitrogen and oxygen atoms in total. The van der Waals surface area contributed by atoms with Gasteiger partial charge in [-0.1, -0.05) is 48.5 Å². The van der Waals surface area contributed by atoms with Gasteiger partial charge in [0.25, 0.3) is 5.91 Å². The first-order valence-corrected chi connectivity index (χ1v) is 10.6. The number of hydrogen-bond acceptors (Lipinski definition) is 4. The quantitative estimate of drug-likeness (QED) is 0.637. The lowest BCUT2D eigenvalue weighted by molar-refractivity contribution is 0.0936. The second kappa shape index (κ2) is 8.84. The summed E-state index contributed by atoms with van der Waals surface area (Å²) >= 11 is 0. The number of rotatable bonds is 7. The van der Waals surface area contributed by atoms with Crippen molar-refractivity contribution in [2.24, 2.45) is 0 Å². The van der Waals surface area contributed by atoms with E-state index >= 15 is 0 Å². The first-order valence-electron chi connectivity index (χ1n) is 9.14. The van der Waals surface area contributed by atoms with Gasteiger partial charge in [-0.15, -0.1) is 0 Å². The Labute approximate surface area is 171 Å². The molecule has 0 aliphatic heterocycles. The van der Waals surface area contributed by atoms with Crippen LogP contribution in [0.15, 0.2) is 95.4 Å². The molecule has 2 aromatic carbocycles. The molecule has 0 saturated heterocycles. The summed E-state index contributed by atoms with van der Waals surface area (Å²) in [6.07, 6.45) is 1.63. The summed E-state index contributed by atoms with van der Waals surface area (Å²) < 4.78 is 25.9. The van der Waals surface area contributed by atoms with Gasteiger partial charge in [-0.05, 0) is 43.3 Å². The summed E-state index contributed by atoms with van der Waals surface area (Å²) in [7, 11) is -3.73. The molecular weight excluding hydrogens is 384 g/mol. The highest BCUT2D eigenvalue weighted by Gasteiger charge is 2.25. The van der Waals surface area contributed by atoms with Crippen molar-refractivity contribution in [1.29, 1.82) is 0 Å². The zero-order valence-electron chi connectivity index (χ0n) is 16.1. The van der Waals surface area contributed by atoms with E-state index in [1.54, 1.807) is 72.9 Å². The molecule has 0 radical (unpaired) electrons. The largest absolute Gasteiger partial charge is 0.343 e. The van der Waals surface area contributed by atoms with Crippen LogP contribution in [0.3, 0.4) is 0 Å². The van der Waals surface area contributed by atoms with E-state index in [1.807, 2.05) is 13.0 Å². The van der Waals surface area contributed by atoms with Gasteiger partial charge >= 0.3 is 0 Å². The standard InChI is InChI=1S/C23H22N2O3S/c1-17-11-13-20(14-12-17)29(27,28)18(2)16-22(21-10-6-7-15-24-21)25-23(26)19-8-4-3-5-9-19/h3-15,22H,2,16H2,1H3,(H,25,26)/t22-/m1/s1. The summed E-state index contributed by atoms with van der Waals surface area (Å²) in [6.45, 7) is 5.69. The molecule has 0 fully saturated rings. The number of aromatic nitrogens is 1. The summed E-state index contributed by atoms with van der Waals surface area (Å²) in [5, 5.41) is 2.89. The Morgan fingerprint density at radius 3 is 2.28 bits per heavy atom. The molecular formula is C23H22N2O3S. The van der Waals surface area contributed by atoms with Crippen molar-refractivity contribution in [2.45, 2.75) is 24.3 Å². The van der Waals surface area contributed by atoms with Gasteiger partial charge in [-0.2, -0.15) is 0 Å². The zero-order chi connectivity index (χ0) is 20.9. The summed E-state index contributed by atoms with van der Waals surface area (Å²) in [5.41, 5.74) is 2.02. The smallest absolute Gasteiger partial charge is 0.251 e. The van der Waals surface area contributed by atoms with Crippen molar-refractivity contribution in [3.63, 3.8) is 0 Å². The average molecular weight is 407 g/mol. The number of aryl methyl sites for hydroxylation is 1. The predicted octanol–water partition coefficient (Wildman–Crippen LogP) is 4.24. The predicted molar refractivity (Wildman–Crippen MR) is 113 cm³/mol. The fourth-order valence-electron chi connectivity index (χ4n) is 2.86. The van der Waals surface area contributed by atoms with Crippen molar-refractivity contribution in [2.75, 3.05) is 0 Å². The third-order valence-electron chi connectivity index (χ3n) is 4.53. The monoisotopic (exact) mass is 406 g/mol. The van der Waals surface area contributed by atoms with Gasteiger partial charge in [-0.3, -0.25) is 9.78 Å². The van der Waals surface area contributed by atoms with Crippen LogP contribution in [0.5, 0.6) is 0 Å². The van der Waals surface area contributed by atoms with Crippen molar-refractivity contribution in [3.8, 4) is 0 Å². The third-order valence-corrected chi connectivity index (χ3v) is 6.35. The van der Waals surface area contributed by atoms with Crippen LogP contribution in [-0.4, -0.2) is 19.3 Å². The molecule has 0 unspecified atom stereocenters. The molecule has 1 amide bonds. The third kappa shape index (κ3) is 4.97. The molecule has 29 heavy (non-hydrogen) atoms. The van der Waals surface area contributed by atoms with E-state index in [0.717, 1.165) is 5.56 Å². The van der Waals surface area contributed by atoms with E-state index in [9.17, 15) is 13.2 Å². The summed E-state index contributed by atoms with van der Waals surface area (Å²) in [4.78, 5) is 17.1. The Balaban J connectivity index is 1.86. The topological polar surface area (TPSA) is 76.1 Å². The average Bonchev–Trinajstić information content (AvgIpc) is 2.74. The highest BCUT2D eigenvalue weighted by molar-refractivity contribution is 7.95.